The van der Waals surface area contributed by atoms with Crippen molar-refractivity contribution in [2.75, 3.05) is 0 Å². The van der Waals surface area contributed by atoms with Gasteiger partial charge in [-0.2, -0.15) is 0 Å². The molecule has 2 N–H and O–H groups in total. The average molecular weight is 255 g/mol. The Bertz CT molecular complexity index is 451. The van der Waals surface area contributed by atoms with Crippen LogP contribution in [-0.4, -0.2) is 23.2 Å². The molecule has 1 fully saturated rings. The first-order valence-electron chi connectivity index (χ1n) is 5.99. The summed E-state index contributed by atoms with van der Waals surface area (Å²) in [7, 11) is 0. The molecule has 1 aromatic carbocycles. The van der Waals surface area contributed by atoms with Crippen LogP contribution in [0.2, 0.25) is 0 Å². The molecule has 0 bridgehead atoms. The van der Waals surface area contributed by atoms with Gasteiger partial charge in [0, 0.05) is 6.04 Å². The maximum absolute atomic E-state index is 13.5. The van der Waals surface area contributed by atoms with E-state index in [1.807, 2.05) is 0 Å². The van der Waals surface area contributed by atoms with Crippen LogP contribution < -0.4 is 5.32 Å². The van der Waals surface area contributed by atoms with Crippen molar-refractivity contribution in [2.45, 2.75) is 37.8 Å². The first-order chi connectivity index (χ1) is 8.56. The number of benzene rings is 1. The average Bonchev–Trinajstić information content (AvgIpc) is 2.34. The molecule has 0 saturated carbocycles. The number of carboxylic acids is 1. The maximum Gasteiger partial charge on any atom is 0.320 e. The lowest BCUT2D eigenvalue weighted by atomic mass is 9.93. The third-order valence-corrected chi connectivity index (χ3v) is 3.25. The van der Waals surface area contributed by atoms with Gasteiger partial charge in [-0.15, -0.1) is 0 Å². The van der Waals surface area contributed by atoms with Crippen LogP contribution in [0.3, 0.4) is 0 Å². The lowest BCUT2D eigenvalue weighted by Crippen LogP contribution is -2.47. The van der Waals surface area contributed by atoms with E-state index in [2.05, 4.69) is 5.32 Å². The largest absolute Gasteiger partial charge is 0.480 e. The molecule has 1 heterocycles. The molecule has 1 aliphatic rings. The summed E-state index contributed by atoms with van der Waals surface area (Å²) in [5.74, 6) is -1.81. The third kappa shape index (κ3) is 3.04. The van der Waals surface area contributed by atoms with E-state index in [-0.39, 0.29) is 6.04 Å². The number of rotatable bonds is 3. The summed E-state index contributed by atoms with van der Waals surface area (Å²) < 4.78 is 26.5. The Labute approximate surface area is 104 Å². The molecule has 1 saturated heterocycles. The van der Waals surface area contributed by atoms with Crippen LogP contribution in [0.25, 0.3) is 0 Å². The first-order valence-corrected chi connectivity index (χ1v) is 5.99. The second-order valence-electron chi connectivity index (χ2n) is 4.63. The summed E-state index contributed by atoms with van der Waals surface area (Å²) >= 11 is 0. The highest BCUT2D eigenvalue weighted by molar-refractivity contribution is 5.73. The Kier molecular flexibility index (Phi) is 3.91. The summed E-state index contributed by atoms with van der Waals surface area (Å²) in [6.07, 6.45) is 2.45. The molecule has 5 heteroatoms. The fourth-order valence-corrected chi connectivity index (χ4v) is 2.34. The molecule has 2 rings (SSSR count). The van der Waals surface area contributed by atoms with Gasteiger partial charge in [0.15, 0.2) is 0 Å². The van der Waals surface area contributed by atoms with Crippen molar-refractivity contribution in [1.82, 2.24) is 5.32 Å². The molecule has 0 amide bonds. The molecule has 2 unspecified atom stereocenters. The molecule has 0 aliphatic carbocycles. The standard InChI is InChI=1S/C13H15F2NO2/c14-9-4-5-11(15)8(6-9)7-10-2-1-3-12(16-10)13(17)18/h4-6,10,12,16H,1-3,7H2,(H,17,18). The van der Waals surface area contributed by atoms with Gasteiger partial charge in [0.05, 0.1) is 0 Å². The van der Waals surface area contributed by atoms with E-state index in [0.717, 1.165) is 25.0 Å². The quantitative estimate of drug-likeness (QED) is 0.869. The van der Waals surface area contributed by atoms with Crippen LogP contribution in [0.5, 0.6) is 0 Å². The smallest absolute Gasteiger partial charge is 0.320 e. The van der Waals surface area contributed by atoms with Crippen LogP contribution in [-0.2, 0) is 11.2 Å². The number of carboxylic acid groups (broad SMARTS) is 1. The van der Waals surface area contributed by atoms with E-state index in [1.54, 1.807) is 0 Å². The summed E-state index contributed by atoms with van der Waals surface area (Å²) in [5.41, 5.74) is 0.290. The fourth-order valence-electron chi connectivity index (χ4n) is 2.34. The van der Waals surface area contributed by atoms with Crippen LogP contribution >= 0.6 is 0 Å². The first kappa shape index (κ1) is 13.0. The van der Waals surface area contributed by atoms with Gasteiger partial charge in [0.1, 0.15) is 17.7 Å². The second kappa shape index (κ2) is 5.44. The molecule has 1 aromatic rings. The van der Waals surface area contributed by atoms with E-state index in [0.29, 0.717) is 18.4 Å². The van der Waals surface area contributed by atoms with Crippen molar-refractivity contribution in [3.63, 3.8) is 0 Å². The van der Waals surface area contributed by atoms with Gasteiger partial charge >= 0.3 is 5.97 Å². The Hall–Kier alpha value is -1.49. The van der Waals surface area contributed by atoms with E-state index < -0.39 is 23.6 Å². The van der Waals surface area contributed by atoms with Crippen molar-refractivity contribution in [3.8, 4) is 0 Å². The Morgan fingerprint density at radius 3 is 2.89 bits per heavy atom. The number of nitrogens with one attached hydrogen (secondary N) is 1. The third-order valence-electron chi connectivity index (χ3n) is 3.25. The highest BCUT2D eigenvalue weighted by Crippen LogP contribution is 2.19. The SMILES string of the molecule is O=C(O)C1CCCC(Cc2cc(F)ccc2F)N1. The molecule has 3 nitrogen and oxygen atoms in total. The summed E-state index contributed by atoms with van der Waals surface area (Å²) in [5, 5.41) is 11.9. The van der Waals surface area contributed by atoms with Gasteiger partial charge in [0.25, 0.3) is 0 Å². The van der Waals surface area contributed by atoms with Crippen LogP contribution in [0.4, 0.5) is 8.78 Å². The van der Waals surface area contributed by atoms with Gasteiger partial charge in [-0.3, -0.25) is 4.79 Å². The number of halogens is 2. The van der Waals surface area contributed by atoms with Crippen molar-refractivity contribution in [2.24, 2.45) is 0 Å². The number of hydrogen-bond donors (Lipinski definition) is 2. The van der Waals surface area contributed by atoms with Gasteiger partial charge in [-0.1, -0.05) is 0 Å². The number of hydrogen-bond acceptors (Lipinski definition) is 2. The predicted octanol–water partition coefficient (Wildman–Crippen LogP) is 2.10. The minimum absolute atomic E-state index is 0.115. The zero-order valence-corrected chi connectivity index (χ0v) is 9.83. The second-order valence-corrected chi connectivity index (χ2v) is 4.63. The van der Waals surface area contributed by atoms with Gasteiger partial charge in [0.2, 0.25) is 0 Å². The predicted molar refractivity (Wildman–Crippen MR) is 62.3 cm³/mol. The summed E-state index contributed by atoms with van der Waals surface area (Å²) in [6.45, 7) is 0. The molecule has 1 aliphatic heterocycles. The maximum atomic E-state index is 13.5. The van der Waals surface area contributed by atoms with E-state index >= 15 is 0 Å². The van der Waals surface area contributed by atoms with Crippen molar-refractivity contribution in [1.29, 1.82) is 0 Å². The molecule has 0 aromatic heterocycles. The monoisotopic (exact) mass is 255 g/mol. The van der Waals surface area contributed by atoms with Crippen molar-refractivity contribution < 1.29 is 18.7 Å². The van der Waals surface area contributed by atoms with Gasteiger partial charge < -0.3 is 10.4 Å². The number of carbonyl (C=O) groups is 1. The van der Waals surface area contributed by atoms with E-state index in [9.17, 15) is 13.6 Å². The van der Waals surface area contributed by atoms with Gasteiger partial charge in [-0.05, 0) is 49.4 Å². The van der Waals surface area contributed by atoms with Crippen molar-refractivity contribution in [3.05, 3.63) is 35.4 Å². The normalized spacial score (nSPS) is 23.9. The van der Waals surface area contributed by atoms with Crippen LogP contribution in [0, 0.1) is 11.6 Å². The molecular formula is C13H15F2NO2. The van der Waals surface area contributed by atoms with E-state index in [4.69, 9.17) is 5.11 Å². The molecule has 18 heavy (non-hydrogen) atoms. The van der Waals surface area contributed by atoms with Crippen molar-refractivity contribution >= 4 is 5.97 Å². The topological polar surface area (TPSA) is 49.3 Å². The lowest BCUT2D eigenvalue weighted by molar-refractivity contribution is -0.140. The minimum atomic E-state index is -0.889. The lowest BCUT2D eigenvalue weighted by Gasteiger charge is -2.28. The number of piperidine rings is 1. The Morgan fingerprint density at radius 2 is 2.17 bits per heavy atom. The molecule has 0 radical (unpaired) electrons. The zero-order valence-electron chi connectivity index (χ0n) is 9.83. The molecular weight excluding hydrogens is 240 g/mol. The van der Waals surface area contributed by atoms with Gasteiger partial charge in [-0.25, -0.2) is 8.78 Å². The Balaban J connectivity index is 2.04. The molecule has 0 spiro atoms. The highest BCUT2D eigenvalue weighted by atomic mass is 19.1. The van der Waals surface area contributed by atoms with Crippen LogP contribution in [0.1, 0.15) is 24.8 Å². The van der Waals surface area contributed by atoms with E-state index in [1.165, 1.54) is 6.07 Å². The fraction of sp³-hybridized carbons (Fsp3) is 0.462. The van der Waals surface area contributed by atoms with Crippen LogP contribution in [0.15, 0.2) is 18.2 Å². The molecule has 2 atom stereocenters. The zero-order chi connectivity index (χ0) is 13.1. The summed E-state index contributed by atoms with van der Waals surface area (Å²) in [6, 6.07) is 2.65. The Morgan fingerprint density at radius 1 is 1.39 bits per heavy atom. The molecule has 98 valence electrons. The number of aliphatic carboxylic acids is 1. The highest BCUT2D eigenvalue weighted by Gasteiger charge is 2.26. The summed E-state index contributed by atoms with van der Waals surface area (Å²) in [4.78, 5) is 10.9. The minimum Gasteiger partial charge on any atom is -0.480 e.